The first-order chi connectivity index (χ1) is 9.25. The second-order valence-electron chi connectivity index (χ2n) is 5.40. The van der Waals surface area contributed by atoms with Gasteiger partial charge >= 0.3 is 0 Å². The van der Waals surface area contributed by atoms with Gasteiger partial charge in [0.05, 0.1) is 6.33 Å². The van der Waals surface area contributed by atoms with Crippen molar-refractivity contribution >= 4 is 17.4 Å². The van der Waals surface area contributed by atoms with Gasteiger partial charge in [0, 0.05) is 19.1 Å². The van der Waals surface area contributed by atoms with Gasteiger partial charge in [0.2, 0.25) is 0 Å². The van der Waals surface area contributed by atoms with Crippen molar-refractivity contribution < 1.29 is 0 Å². The van der Waals surface area contributed by atoms with Crippen LogP contribution in [0.2, 0.25) is 5.02 Å². The minimum Gasteiger partial charge on any atom is -0.355 e. The van der Waals surface area contributed by atoms with Crippen molar-refractivity contribution in [3.63, 3.8) is 0 Å². The Morgan fingerprint density at radius 2 is 2.11 bits per heavy atom. The first-order valence-corrected chi connectivity index (χ1v) is 7.35. The molecule has 2 aliphatic heterocycles. The van der Waals surface area contributed by atoms with Gasteiger partial charge < -0.3 is 15.2 Å². The van der Waals surface area contributed by atoms with E-state index in [1.807, 2.05) is 0 Å². The van der Waals surface area contributed by atoms with Crippen LogP contribution in [0.4, 0.5) is 5.82 Å². The Labute approximate surface area is 117 Å². The predicted octanol–water partition coefficient (Wildman–Crippen LogP) is 1.39. The Morgan fingerprint density at radius 1 is 1.32 bits per heavy atom. The van der Waals surface area contributed by atoms with Crippen molar-refractivity contribution in [2.45, 2.75) is 31.7 Å². The third-order valence-electron chi connectivity index (χ3n) is 4.28. The lowest BCUT2D eigenvalue weighted by Gasteiger charge is -2.35. The Balaban J connectivity index is 1.66. The van der Waals surface area contributed by atoms with Gasteiger partial charge in [-0.05, 0) is 38.1 Å². The van der Waals surface area contributed by atoms with Gasteiger partial charge in [-0.25, -0.2) is 4.98 Å². The first kappa shape index (κ1) is 12.9. The number of piperidine rings is 1. The number of rotatable bonds is 2. The molecule has 0 bridgehead atoms. The van der Waals surface area contributed by atoms with E-state index in [-0.39, 0.29) is 10.6 Å². The molecule has 104 valence electrons. The lowest BCUT2D eigenvalue weighted by atomic mass is 9.88. The highest BCUT2D eigenvalue weighted by Gasteiger charge is 2.29. The quantitative estimate of drug-likeness (QED) is 0.861. The molecule has 19 heavy (non-hydrogen) atoms. The van der Waals surface area contributed by atoms with E-state index in [0.717, 1.165) is 38.4 Å². The lowest BCUT2D eigenvalue weighted by Crippen LogP contribution is -2.41. The SMILES string of the molecule is O=c1[nH]cnc(N2CCC(C3CCCN3)CC2)c1Cl. The number of halogens is 1. The summed E-state index contributed by atoms with van der Waals surface area (Å²) in [6.45, 7) is 3.02. The molecule has 3 rings (SSSR count). The highest BCUT2D eigenvalue weighted by atomic mass is 35.5. The van der Waals surface area contributed by atoms with Crippen molar-refractivity contribution in [3.8, 4) is 0 Å². The van der Waals surface area contributed by atoms with Gasteiger partial charge in [0.1, 0.15) is 5.02 Å². The third-order valence-corrected chi connectivity index (χ3v) is 4.63. The smallest absolute Gasteiger partial charge is 0.271 e. The van der Waals surface area contributed by atoms with Crippen LogP contribution in [-0.4, -0.2) is 35.6 Å². The molecule has 1 atom stereocenters. The van der Waals surface area contributed by atoms with E-state index in [4.69, 9.17) is 11.6 Å². The van der Waals surface area contributed by atoms with Gasteiger partial charge in [0.15, 0.2) is 5.82 Å². The highest BCUT2D eigenvalue weighted by molar-refractivity contribution is 6.32. The highest BCUT2D eigenvalue weighted by Crippen LogP contribution is 2.29. The summed E-state index contributed by atoms with van der Waals surface area (Å²) in [5.74, 6) is 1.38. The van der Waals surface area contributed by atoms with Crippen LogP contribution in [0.15, 0.2) is 11.1 Å². The molecule has 0 saturated carbocycles. The van der Waals surface area contributed by atoms with Gasteiger partial charge in [-0.3, -0.25) is 4.79 Å². The van der Waals surface area contributed by atoms with Gasteiger partial charge in [-0.2, -0.15) is 0 Å². The lowest BCUT2D eigenvalue weighted by molar-refractivity contribution is 0.318. The summed E-state index contributed by atoms with van der Waals surface area (Å²) in [7, 11) is 0. The largest absolute Gasteiger partial charge is 0.355 e. The van der Waals surface area contributed by atoms with Crippen LogP contribution in [0.1, 0.15) is 25.7 Å². The molecular weight excluding hydrogens is 264 g/mol. The van der Waals surface area contributed by atoms with Crippen LogP contribution < -0.4 is 15.8 Å². The molecule has 1 unspecified atom stereocenters. The molecule has 2 saturated heterocycles. The Morgan fingerprint density at radius 3 is 2.79 bits per heavy atom. The van der Waals surface area contributed by atoms with E-state index in [1.54, 1.807) is 0 Å². The summed E-state index contributed by atoms with van der Waals surface area (Å²) in [6, 6.07) is 0.685. The first-order valence-electron chi connectivity index (χ1n) is 6.97. The fourth-order valence-corrected chi connectivity index (χ4v) is 3.44. The third kappa shape index (κ3) is 2.62. The molecule has 3 heterocycles. The number of nitrogens with zero attached hydrogens (tertiary/aromatic N) is 2. The molecular formula is C13H19ClN4O. The maximum atomic E-state index is 11.5. The summed E-state index contributed by atoms with van der Waals surface area (Å²) in [4.78, 5) is 20.3. The van der Waals surface area contributed by atoms with E-state index >= 15 is 0 Å². The van der Waals surface area contributed by atoms with E-state index in [0.29, 0.717) is 11.9 Å². The van der Waals surface area contributed by atoms with Crippen LogP contribution in [0.3, 0.4) is 0 Å². The Kier molecular flexibility index (Phi) is 3.75. The molecule has 6 heteroatoms. The molecule has 0 spiro atoms. The molecule has 2 fully saturated rings. The van der Waals surface area contributed by atoms with Crippen LogP contribution >= 0.6 is 11.6 Å². The maximum Gasteiger partial charge on any atom is 0.271 e. The van der Waals surface area contributed by atoms with Crippen LogP contribution in [0.5, 0.6) is 0 Å². The molecule has 0 aliphatic carbocycles. The monoisotopic (exact) mass is 282 g/mol. The van der Waals surface area contributed by atoms with Gasteiger partial charge in [-0.15, -0.1) is 0 Å². The number of hydrogen-bond donors (Lipinski definition) is 2. The number of H-pyrrole nitrogens is 1. The molecule has 5 nitrogen and oxygen atoms in total. The molecule has 2 aliphatic rings. The summed E-state index contributed by atoms with van der Waals surface area (Å²) < 4.78 is 0. The fraction of sp³-hybridized carbons (Fsp3) is 0.692. The van der Waals surface area contributed by atoms with Crippen molar-refractivity contribution in [2.75, 3.05) is 24.5 Å². The van der Waals surface area contributed by atoms with Gasteiger partial charge in [0.25, 0.3) is 5.56 Å². The number of hydrogen-bond acceptors (Lipinski definition) is 4. The Hall–Kier alpha value is -1.07. The fourth-order valence-electron chi connectivity index (χ4n) is 3.22. The summed E-state index contributed by atoms with van der Waals surface area (Å²) in [6.07, 6.45) is 6.31. The van der Waals surface area contributed by atoms with Crippen molar-refractivity contribution in [3.05, 3.63) is 21.7 Å². The van der Waals surface area contributed by atoms with Crippen LogP contribution in [0, 0.1) is 5.92 Å². The zero-order valence-electron chi connectivity index (χ0n) is 10.9. The average Bonchev–Trinajstić information content (AvgIpc) is 2.96. The normalized spacial score (nSPS) is 24.9. The zero-order valence-corrected chi connectivity index (χ0v) is 11.6. The number of anilines is 1. The van der Waals surface area contributed by atoms with Gasteiger partial charge in [-0.1, -0.05) is 11.6 Å². The molecule has 0 radical (unpaired) electrons. The summed E-state index contributed by atoms with van der Waals surface area (Å²) in [5, 5.41) is 3.79. The summed E-state index contributed by atoms with van der Waals surface area (Å²) >= 11 is 6.03. The average molecular weight is 283 g/mol. The minimum absolute atomic E-state index is 0.208. The molecule has 0 aromatic carbocycles. The summed E-state index contributed by atoms with van der Waals surface area (Å²) in [5.41, 5.74) is -0.258. The van der Waals surface area contributed by atoms with Crippen LogP contribution in [-0.2, 0) is 0 Å². The van der Waals surface area contributed by atoms with E-state index in [9.17, 15) is 4.79 Å². The van der Waals surface area contributed by atoms with Crippen LogP contribution in [0.25, 0.3) is 0 Å². The zero-order chi connectivity index (χ0) is 13.2. The van der Waals surface area contributed by atoms with E-state index in [2.05, 4.69) is 20.2 Å². The van der Waals surface area contributed by atoms with Crippen molar-refractivity contribution in [2.24, 2.45) is 5.92 Å². The predicted molar refractivity (Wildman–Crippen MR) is 75.8 cm³/mol. The molecule has 0 amide bonds. The molecule has 2 N–H and O–H groups in total. The van der Waals surface area contributed by atoms with Crippen molar-refractivity contribution in [1.82, 2.24) is 15.3 Å². The molecule has 1 aromatic rings. The number of aromatic nitrogens is 2. The Bertz CT molecular complexity index is 490. The minimum atomic E-state index is -0.258. The second kappa shape index (κ2) is 5.51. The standard InChI is InChI=1S/C13H19ClN4O/c14-11-12(16-8-17-13(11)19)18-6-3-9(4-7-18)10-2-1-5-15-10/h8-10,15H,1-7H2,(H,16,17,19). The number of nitrogens with one attached hydrogen (secondary N) is 2. The van der Waals surface area contributed by atoms with E-state index in [1.165, 1.54) is 19.2 Å². The topological polar surface area (TPSA) is 61.0 Å². The van der Waals surface area contributed by atoms with E-state index < -0.39 is 0 Å². The number of aromatic amines is 1. The second-order valence-corrected chi connectivity index (χ2v) is 5.77. The molecule has 1 aromatic heterocycles. The maximum absolute atomic E-state index is 11.5. The van der Waals surface area contributed by atoms with Crippen molar-refractivity contribution in [1.29, 1.82) is 0 Å².